The third kappa shape index (κ3) is 4.80. The summed E-state index contributed by atoms with van der Waals surface area (Å²) in [6.07, 6.45) is -1.35. The molecule has 0 aliphatic carbocycles. The fourth-order valence-electron chi connectivity index (χ4n) is 2.02. The highest BCUT2D eigenvalue weighted by Crippen LogP contribution is 2.20. The quantitative estimate of drug-likeness (QED) is 0.833. The van der Waals surface area contributed by atoms with Crippen LogP contribution in [-0.2, 0) is 20.7 Å². The lowest BCUT2D eigenvalue weighted by molar-refractivity contribution is -0.152. The summed E-state index contributed by atoms with van der Waals surface area (Å²) in [6.45, 7) is 3.38. The van der Waals surface area contributed by atoms with Gasteiger partial charge in [-0.3, -0.25) is 9.59 Å². The lowest BCUT2D eigenvalue weighted by Gasteiger charge is -2.14. The van der Waals surface area contributed by atoms with Crippen molar-refractivity contribution in [1.29, 1.82) is 0 Å². The predicted octanol–water partition coefficient (Wildman–Crippen LogP) is 3.90. The van der Waals surface area contributed by atoms with Gasteiger partial charge in [-0.2, -0.15) is 0 Å². The topological polar surface area (TPSA) is 55.4 Å². The van der Waals surface area contributed by atoms with Crippen LogP contribution < -0.4 is 5.32 Å². The van der Waals surface area contributed by atoms with Crippen molar-refractivity contribution in [2.45, 2.75) is 26.4 Å². The number of hydrogen-bond donors (Lipinski definition) is 1. The van der Waals surface area contributed by atoms with Crippen molar-refractivity contribution in [3.63, 3.8) is 0 Å². The van der Waals surface area contributed by atoms with Crippen LogP contribution in [-0.4, -0.2) is 18.0 Å². The van der Waals surface area contributed by atoms with E-state index in [1.165, 1.54) is 25.1 Å². The number of nitrogens with one attached hydrogen (secondary N) is 1. The van der Waals surface area contributed by atoms with Crippen LogP contribution in [0.4, 0.5) is 10.1 Å². The van der Waals surface area contributed by atoms with E-state index in [-0.39, 0.29) is 17.0 Å². The fourth-order valence-corrected chi connectivity index (χ4v) is 2.25. The van der Waals surface area contributed by atoms with Gasteiger partial charge in [0.15, 0.2) is 6.10 Å². The molecule has 0 aromatic heterocycles. The second kappa shape index (κ2) is 7.93. The smallest absolute Gasteiger partial charge is 0.311 e. The fraction of sp³-hybridized carbons (Fsp3) is 0.222. The molecule has 0 spiro atoms. The lowest BCUT2D eigenvalue weighted by Crippen LogP contribution is -2.30. The Morgan fingerprint density at radius 1 is 1.21 bits per heavy atom. The number of aryl methyl sites for hydroxylation is 1. The van der Waals surface area contributed by atoms with Crippen molar-refractivity contribution >= 4 is 29.2 Å². The lowest BCUT2D eigenvalue weighted by atomic mass is 10.1. The van der Waals surface area contributed by atoms with Crippen LogP contribution in [0.15, 0.2) is 42.5 Å². The van der Waals surface area contributed by atoms with Gasteiger partial charge >= 0.3 is 5.97 Å². The first-order valence-electron chi connectivity index (χ1n) is 7.36. The van der Waals surface area contributed by atoms with Crippen molar-refractivity contribution < 1.29 is 18.7 Å². The molecule has 0 saturated heterocycles. The summed E-state index contributed by atoms with van der Waals surface area (Å²) in [7, 11) is 0. The van der Waals surface area contributed by atoms with Crippen LogP contribution in [0.5, 0.6) is 0 Å². The Bertz CT molecular complexity index is 726. The van der Waals surface area contributed by atoms with Gasteiger partial charge in [0, 0.05) is 16.3 Å². The molecular weight excluding hydrogens is 333 g/mol. The second-order valence-corrected chi connectivity index (χ2v) is 5.77. The number of hydrogen-bond acceptors (Lipinski definition) is 3. The van der Waals surface area contributed by atoms with E-state index >= 15 is 0 Å². The number of rotatable bonds is 5. The van der Waals surface area contributed by atoms with Crippen LogP contribution in [0.1, 0.15) is 18.1 Å². The average Bonchev–Trinajstić information content (AvgIpc) is 2.53. The molecule has 0 heterocycles. The summed E-state index contributed by atoms with van der Waals surface area (Å²) in [5.74, 6) is -1.78. The number of amides is 1. The number of benzene rings is 2. The molecule has 126 valence electrons. The molecule has 0 bridgehead atoms. The summed E-state index contributed by atoms with van der Waals surface area (Å²) in [4.78, 5) is 23.9. The number of ether oxygens (including phenoxy) is 1. The van der Waals surface area contributed by atoms with E-state index in [0.717, 1.165) is 5.56 Å². The second-order valence-electron chi connectivity index (χ2n) is 5.36. The molecule has 1 amide bonds. The third-order valence-electron chi connectivity index (χ3n) is 3.38. The van der Waals surface area contributed by atoms with Gasteiger partial charge in [0.25, 0.3) is 5.91 Å². The maximum Gasteiger partial charge on any atom is 0.311 e. The minimum atomic E-state index is -1.01. The van der Waals surface area contributed by atoms with Gasteiger partial charge in [-0.25, -0.2) is 4.39 Å². The van der Waals surface area contributed by atoms with Crippen LogP contribution in [0.3, 0.4) is 0 Å². The predicted molar refractivity (Wildman–Crippen MR) is 90.5 cm³/mol. The van der Waals surface area contributed by atoms with E-state index in [4.69, 9.17) is 16.3 Å². The number of anilines is 1. The molecule has 0 unspecified atom stereocenters. The maximum absolute atomic E-state index is 13.7. The molecular formula is C18H17ClFNO3. The Morgan fingerprint density at radius 2 is 1.88 bits per heavy atom. The van der Waals surface area contributed by atoms with E-state index in [1.807, 2.05) is 19.1 Å². The first-order chi connectivity index (χ1) is 11.4. The molecule has 6 heteroatoms. The normalized spacial score (nSPS) is 11.7. The van der Waals surface area contributed by atoms with Crippen LogP contribution in [0, 0.1) is 12.7 Å². The van der Waals surface area contributed by atoms with Crippen molar-refractivity contribution in [3.05, 3.63) is 64.4 Å². The third-order valence-corrected chi connectivity index (χ3v) is 3.73. The molecule has 0 saturated carbocycles. The van der Waals surface area contributed by atoms with Crippen molar-refractivity contribution in [2.75, 3.05) is 5.32 Å². The van der Waals surface area contributed by atoms with Crippen LogP contribution >= 0.6 is 11.6 Å². The molecule has 24 heavy (non-hydrogen) atoms. The first-order valence-corrected chi connectivity index (χ1v) is 7.74. The SMILES string of the molecule is Cc1ccc(NC(=O)[C@@H](C)OC(=O)Cc2c(F)cccc2Cl)cc1. The van der Waals surface area contributed by atoms with Gasteiger partial charge in [-0.1, -0.05) is 35.4 Å². The van der Waals surface area contributed by atoms with E-state index in [2.05, 4.69) is 5.32 Å². The Kier molecular flexibility index (Phi) is 5.93. The van der Waals surface area contributed by atoms with Crippen molar-refractivity contribution in [2.24, 2.45) is 0 Å². The summed E-state index contributed by atoms with van der Waals surface area (Å²) in [5.41, 5.74) is 1.72. The minimum Gasteiger partial charge on any atom is -0.452 e. The summed E-state index contributed by atoms with van der Waals surface area (Å²) in [5, 5.41) is 2.79. The van der Waals surface area contributed by atoms with Gasteiger partial charge < -0.3 is 10.1 Å². The molecule has 1 N–H and O–H groups in total. The first kappa shape index (κ1) is 17.9. The zero-order valence-corrected chi connectivity index (χ0v) is 14.1. The molecule has 0 aliphatic rings. The van der Waals surface area contributed by atoms with Gasteiger partial charge in [0.05, 0.1) is 6.42 Å². The zero-order chi connectivity index (χ0) is 17.7. The molecule has 4 nitrogen and oxygen atoms in total. The largest absolute Gasteiger partial charge is 0.452 e. The van der Waals surface area contributed by atoms with E-state index in [1.54, 1.807) is 12.1 Å². The molecule has 0 aliphatic heterocycles. The van der Waals surface area contributed by atoms with Crippen LogP contribution in [0.25, 0.3) is 0 Å². The van der Waals surface area contributed by atoms with Gasteiger partial charge in [0.1, 0.15) is 5.82 Å². The number of carbonyl (C=O) groups excluding carboxylic acids is 2. The van der Waals surface area contributed by atoms with Crippen molar-refractivity contribution in [1.82, 2.24) is 0 Å². The van der Waals surface area contributed by atoms with Gasteiger partial charge in [0.2, 0.25) is 0 Å². The Morgan fingerprint density at radius 3 is 2.50 bits per heavy atom. The highest BCUT2D eigenvalue weighted by Gasteiger charge is 2.20. The van der Waals surface area contributed by atoms with Crippen LogP contribution in [0.2, 0.25) is 5.02 Å². The summed E-state index contributed by atoms with van der Waals surface area (Å²) >= 11 is 5.87. The molecule has 2 aromatic carbocycles. The molecule has 0 radical (unpaired) electrons. The highest BCUT2D eigenvalue weighted by atomic mass is 35.5. The Hall–Kier alpha value is -2.40. The summed E-state index contributed by atoms with van der Waals surface area (Å²) in [6, 6.07) is 11.4. The molecule has 2 rings (SSSR count). The van der Waals surface area contributed by atoms with Gasteiger partial charge in [-0.05, 0) is 38.1 Å². The zero-order valence-electron chi connectivity index (χ0n) is 13.3. The Labute approximate surface area is 144 Å². The maximum atomic E-state index is 13.7. The van der Waals surface area contributed by atoms with E-state index in [9.17, 15) is 14.0 Å². The van der Waals surface area contributed by atoms with Crippen molar-refractivity contribution in [3.8, 4) is 0 Å². The Balaban J connectivity index is 1.93. The average molecular weight is 350 g/mol. The standard InChI is InChI=1S/C18H17ClFNO3/c1-11-6-8-13(9-7-11)21-18(23)12(2)24-17(22)10-14-15(19)4-3-5-16(14)20/h3-9,12H,10H2,1-2H3,(H,21,23)/t12-/m1/s1. The molecule has 0 fully saturated rings. The highest BCUT2D eigenvalue weighted by molar-refractivity contribution is 6.31. The molecule has 1 atom stereocenters. The van der Waals surface area contributed by atoms with E-state index < -0.39 is 23.8 Å². The number of carbonyl (C=O) groups is 2. The minimum absolute atomic E-state index is 0.0512. The van der Waals surface area contributed by atoms with Gasteiger partial charge in [-0.15, -0.1) is 0 Å². The molecule has 2 aromatic rings. The van der Waals surface area contributed by atoms with E-state index in [0.29, 0.717) is 5.69 Å². The number of halogens is 2. The monoisotopic (exact) mass is 349 g/mol. The summed E-state index contributed by atoms with van der Waals surface area (Å²) < 4.78 is 18.7. The number of esters is 1.